The summed E-state index contributed by atoms with van der Waals surface area (Å²) in [5, 5.41) is 3.48. The number of pyridine rings is 1. The number of hydrogen-bond acceptors (Lipinski definition) is 4. The maximum atomic E-state index is 5.76. The number of hydrogen-bond donors (Lipinski definition) is 1. The summed E-state index contributed by atoms with van der Waals surface area (Å²) in [5.74, 6) is 2.23. The molecule has 0 spiro atoms. The van der Waals surface area contributed by atoms with Crippen LogP contribution in [0.15, 0.2) is 42.0 Å². The molecule has 0 aromatic carbocycles. The van der Waals surface area contributed by atoms with Crippen molar-refractivity contribution in [1.29, 1.82) is 0 Å². The second-order valence-corrected chi connectivity index (χ2v) is 7.01. The summed E-state index contributed by atoms with van der Waals surface area (Å²) >= 11 is 0. The molecule has 146 valence electrons. The molecule has 3 rings (SSSR count). The van der Waals surface area contributed by atoms with Crippen molar-refractivity contribution in [3.63, 3.8) is 0 Å². The van der Waals surface area contributed by atoms with Gasteiger partial charge in [0.15, 0.2) is 5.96 Å². The van der Waals surface area contributed by atoms with Gasteiger partial charge in [-0.05, 0) is 24.8 Å². The molecule has 1 N–H and O–H groups in total. The number of aliphatic imine (C=N–C) groups is 1. The largest absolute Gasteiger partial charge is 0.477 e. The Morgan fingerprint density at radius 2 is 2.30 bits per heavy atom. The van der Waals surface area contributed by atoms with E-state index in [1.807, 2.05) is 37.9 Å². The summed E-state index contributed by atoms with van der Waals surface area (Å²) in [6.45, 7) is 7.64. The van der Waals surface area contributed by atoms with Crippen molar-refractivity contribution in [1.82, 2.24) is 24.8 Å². The Hall–Kier alpha value is -2.57. The predicted octanol–water partition coefficient (Wildman–Crippen LogP) is 2.73. The Labute approximate surface area is 161 Å². The van der Waals surface area contributed by atoms with Crippen molar-refractivity contribution >= 4 is 5.96 Å². The number of piperidine rings is 1. The Morgan fingerprint density at radius 1 is 1.41 bits per heavy atom. The Bertz CT molecular complexity index is 730. The summed E-state index contributed by atoms with van der Waals surface area (Å²) in [6, 6.07) is 4.39. The summed E-state index contributed by atoms with van der Waals surface area (Å²) in [4.78, 5) is 15.4. The topological polar surface area (TPSA) is 67.6 Å². The minimum absolute atomic E-state index is 0.404. The lowest BCUT2D eigenvalue weighted by molar-refractivity contribution is 0.189. The first-order chi connectivity index (χ1) is 13.2. The molecule has 0 amide bonds. The maximum Gasteiger partial charge on any atom is 0.218 e. The van der Waals surface area contributed by atoms with Crippen LogP contribution < -0.4 is 10.1 Å². The van der Waals surface area contributed by atoms with Crippen LogP contribution in [-0.2, 0) is 6.54 Å². The van der Waals surface area contributed by atoms with E-state index in [1.54, 1.807) is 6.20 Å². The summed E-state index contributed by atoms with van der Waals surface area (Å²) < 4.78 is 7.97. The SMILES string of the molecule is CCCOc1ncccc1CNC(=NC)N1CCC(C)C(n2ccnc2)C1. The normalized spacial score (nSPS) is 20.6. The molecule has 2 unspecified atom stereocenters. The van der Waals surface area contributed by atoms with Crippen LogP contribution >= 0.6 is 0 Å². The van der Waals surface area contributed by atoms with Crippen molar-refractivity contribution in [2.75, 3.05) is 26.7 Å². The van der Waals surface area contributed by atoms with Crippen molar-refractivity contribution in [2.45, 2.75) is 39.3 Å². The molecule has 3 heterocycles. The zero-order chi connectivity index (χ0) is 19.1. The number of rotatable bonds is 6. The standard InChI is InChI=1S/C20H30N6O/c1-4-12-27-19-17(6-5-8-23-19)13-24-20(21-3)25-10-7-16(2)18(14-25)26-11-9-22-15-26/h5-6,8-9,11,15-16,18H,4,7,10,12-14H2,1-3H3,(H,21,24). The van der Waals surface area contributed by atoms with Gasteiger partial charge < -0.3 is 19.5 Å². The van der Waals surface area contributed by atoms with Crippen molar-refractivity contribution in [3.05, 3.63) is 42.6 Å². The molecule has 1 saturated heterocycles. The molecule has 0 radical (unpaired) electrons. The van der Waals surface area contributed by atoms with E-state index in [9.17, 15) is 0 Å². The number of imidazole rings is 1. The van der Waals surface area contributed by atoms with Crippen LogP contribution in [0.3, 0.4) is 0 Å². The summed E-state index contributed by atoms with van der Waals surface area (Å²) in [6.07, 6.45) is 9.67. The third-order valence-corrected chi connectivity index (χ3v) is 5.07. The fourth-order valence-corrected chi connectivity index (χ4v) is 3.49. The smallest absolute Gasteiger partial charge is 0.218 e. The molecule has 2 aromatic heterocycles. The number of nitrogens with zero attached hydrogens (tertiary/aromatic N) is 5. The van der Waals surface area contributed by atoms with Gasteiger partial charge in [-0.15, -0.1) is 0 Å². The molecule has 1 aliphatic heterocycles. The second-order valence-electron chi connectivity index (χ2n) is 7.01. The fourth-order valence-electron chi connectivity index (χ4n) is 3.49. The third kappa shape index (κ3) is 4.78. The van der Waals surface area contributed by atoms with Gasteiger partial charge in [0.05, 0.1) is 19.0 Å². The van der Waals surface area contributed by atoms with Gasteiger partial charge in [-0.25, -0.2) is 9.97 Å². The molecular weight excluding hydrogens is 340 g/mol. The average Bonchev–Trinajstić information content (AvgIpc) is 3.23. The van der Waals surface area contributed by atoms with Crippen LogP contribution in [-0.4, -0.2) is 52.1 Å². The van der Waals surface area contributed by atoms with Gasteiger partial charge in [-0.1, -0.05) is 19.9 Å². The Balaban J connectivity index is 1.64. The van der Waals surface area contributed by atoms with Crippen LogP contribution in [0, 0.1) is 5.92 Å². The zero-order valence-electron chi connectivity index (χ0n) is 16.5. The van der Waals surface area contributed by atoms with Crippen molar-refractivity contribution in [3.8, 4) is 5.88 Å². The van der Waals surface area contributed by atoms with Gasteiger partial charge >= 0.3 is 0 Å². The van der Waals surface area contributed by atoms with Crippen LogP contribution in [0.5, 0.6) is 5.88 Å². The highest BCUT2D eigenvalue weighted by atomic mass is 16.5. The van der Waals surface area contributed by atoms with E-state index < -0.39 is 0 Å². The van der Waals surface area contributed by atoms with Gasteiger partial charge in [0.1, 0.15) is 0 Å². The van der Waals surface area contributed by atoms with Gasteiger partial charge in [0.2, 0.25) is 5.88 Å². The first-order valence-corrected chi connectivity index (χ1v) is 9.72. The number of likely N-dealkylation sites (tertiary alicyclic amines) is 1. The van der Waals surface area contributed by atoms with Crippen molar-refractivity contribution < 1.29 is 4.74 Å². The van der Waals surface area contributed by atoms with E-state index in [0.717, 1.165) is 37.5 Å². The fraction of sp³-hybridized carbons (Fsp3) is 0.550. The van der Waals surface area contributed by atoms with E-state index in [-0.39, 0.29) is 0 Å². The van der Waals surface area contributed by atoms with Crippen LogP contribution in [0.1, 0.15) is 38.3 Å². The van der Waals surface area contributed by atoms with Crippen molar-refractivity contribution in [2.24, 2.45) is 10.9 Å². The van der Waals surface area contributed by atoms with E-state index >= 15 is 0 Å². The molecule has 0 saturated carbocycles. The lowest BCUT2D eigenvalue weighted by Crippen LogP contribution is -2.48. The molecule has 1 fully saturated rings. The highest BCUT2D eigenvalue weighted by Crippen LogP contribution is 2.27. The minimum atomic E-state index is 0.404. The summed E-state index contributed by atoms with van der Waals surface area (Å²) in [5.41, 5.74) is 1.05. The second kappa shape index (κ2) is 9.39. The molecular formula is C20H30N6O. The third-order valence-electron chi connectivity index (χ3n) is 5.07. The lowest BCUT2D eigenvalue weighted by Gasteiger charge is -2.39. The lowest BCUT2D eigenvalue weighted by atomic mass is 9.93. The molecule has 7 heteroatoms. The highest BCUT2D eigenvalue weighted by Gasteiger charge is 2.28. The molecule has 2 atom stereocenters. The molecule has 7 nitrogen and oxygen atoms in total. The van der Waals surface area contributed by atoms with Gasteiger partial charge in [-0.2, -0.15) is 0 Å². The Kier molecular flexibility index (Phi) is 6.68. The monoisotopic (exact) mass is 370 g/mol. The first kappa shape index (κ1) is 19.2. The highest BCUT2D eigenvalue weighted by molar-refractivity contribution is 5.80. The molecule has 1 aliphatic rings. The molecule has 2 aromatic rings. The predicted molar refractivity (Wildman–Crippen MR) is 107 cm³/mol. The number of guanidine groups is 1. The van der Waals surface area contributed by atoms with Crippen LogP contribution in [0.4, 0.5) is 0 Å². The number of nitrogens with one attached hydrogen (secondary N) is 1. The first-order valence-electron chi connectivity index (χ1n) is 9.72. The minimum Gasteiger partial charge on any atom is -0.477 e. The Morgan fingerprint density at radius 3 is 3.04 bits per heavy atom. The van der Waals surface area contributed by atoms with Gasteiger partial charge in [0, 0.05) is 50.8 Å². The number of ether oxygens (including phenoxy) is 1. The zero-order valence-corrected chi connectivity index (χ0v) is 16.5. The molecule has 0 aliphatic carbocycles. The quantitative estimate of drug-likeness (QED) is 0.625. The van der Waals surface area contributed by atoms with Gasteiger partial charge in [-0.3, -0.25) is 4.99 Å². The van der Waals surface area contributed by atoms with E-state index in [0.29, 0.717) is 31.0 Å². The van der Waals surface area contributed by atoms with Crippen LogP contribution in [0.25, 0.3) is 0 Å². The molecule has 27 heavy (non-hydrogen) atoms. The van der Waals surface area contributed by atoms with Crippen LogP contribution in [0.2, 0.25) is 0 Å². The van der Waals surface area contributed by atoms with E-state index in [4.69, 9.17) is 4.74 Å². The summed E-state index contributed by atoms with van der Waals surface area (Å²) in [7, 11) is 1.84. The average molecular weight is 371 g/mol. The maximum absolute atomic E-state index is 5.76. The van der Waals surface area contributed by atoms with E-state index in [2.05, 4.69) is 43.6 Å². The van der Waals surface area contributed by atoms with E-state index in [1.165, 1.54) is 0 Å². The molecule has 0 bridgehead atoms. The van der Waals surface area contributed by atoms with Gasteiger partial charge in [0.25, 0.3) is 0 Å². The number of aromatic nitrogens is 3.